The second-order valence-corrected chi connectivity index (χ2v) is 4.65. The van der Waals surface area contributed by atoms with Crippen molar-refractivity contribution in [3.05, 3.63) is 29.8 Å². The first-order valence-corrected chi connectivity index (χ1v) is 5.85. The molecule has 2 N–H and O–H groups in total. The summed E-state index contributed by atoms with van der Waals surface area (Å²) in [6.45, 7) is 0.0382. The van der Waals surface area contributed by atoms with Crippen LogP contribution in [0.4, 0.5) is 5.69 Å². The summed E-state index contributed by atoms with van der Waals surface area (Å²) in [7, 11) is 3.34. The number of nitrogens with zero attached hydrogens (tertiary/aromatic N) is 2. The Morgan fingerprint density at radius 1 is 1.44 bits per heavy atom. The number of anilines is 1. The van der Waals surface area contributed by atoms with Crippen molar-refractivity contribution in [1.29, 1.82) is 0 Å². The van der Waals surface area contributed by atoms with Crippen molar-refractivity contribution in [2.24, 2.45) is 5.73 Å². The van der Waals surface area contributed by atoms with E-state index in [1.807, 2.05) is 24.3 Å². The van der Waals surface area contributed by atoms with Crippen LogP contribution in [0.15, 0.2) is 24.3 Å². The molecule has 0 saturated heterocycles. The van der Waals surface area contributed by atoms with E-state index in [0.29, 0.717) is 6.42 Å². The Balaban J connectivity index is 2.33. The molecule has 0 spiro atoms. The second kappa shape index (κ2) is 4.78. The lowest BCUT2D eigenvalue weighted by Crippen LogP contribution is -2.51. The van der Waals surface area contributed by atoms with Crippen LogP contribution < -0.4 is 10.6 Å². The summed E-state index contributed by atoms with van der Waals surface area (Å²) in [5.41, 5.74) is 7.62. The van der Waals surface area contributed by atoms with Gasteiger partial charge in [0.15, 0.2) is 0 Å². The lowest BCUT2D eigenvalue weighted by molar-refractivity contribution is -0.129. The second-order valence-electron chi connectivity index (χ2n) is 4.65. The maximum absolute atomic E-state index is 12.1. The fraction of sp³-hybridized carbons (Fsp3) is 0.385. The first kappa shape index (κ1) is 12.6. The number of nitrogens with two attached hydrogens (primary N) is 1. The summed E-state index contributed by atoms with van der Waals surface area (Å²) in [5.74, 6) is -0.309. The topological polar surface area (TPSA) is 66.6 Å². The van der Waals surface area contributed by atoms with Crippen molar-refractivity contribution in [2.45, 2.75) is 12.5 Å². The molecule has 0 bridgehead atoms. The molecule has 18 heavy (non-hydrogen) atoms. The Morgan fingerprint density at radius 2 is 2.11 bits per heavy atom. The predicted octanol–water partition coefficient (Wildman–Crippen LogP) is -0.00880. The first-order chi connectivity index (χ1) is 8.50. The van der Waals surface area contributed by atoms with Gasteiger partial charge in [0.05, 0.1) is 6.04 Å². The van der Waals surface area contributed by atoms with Gasteiger partial charge >= 0.3 is 0 Å². The number of hydrogen-bond donors (Lipinski definition) is 1. The van der Waals surface area contributed by atoms with E-state index in [9.17, 15) is 9.59 Å². The number of carbonyl (C=O) groups excluding carboxylic acids is 2. The van der Waals surface area contributed by atoms with E-state index in [4.69, 9.17) is 5.73 Å². The molecule has 0 aromatic heterocycles. The highest BCUT2D eigenvalue weighted by molar-refractivity contribution is 6.03. The van der Waals surface area contributed by atoms with Gasteiger partial charge in [-0.15, -0.1) is 0 Å². The molecule has 1 unspecified atom stereocenters. The van der Waals surface area contributed by atoms with E-state index in [2.05, 4.69) is 0 Å². The summed E-state index contributed by atoms with van der Waals surface area (Å²) >= 11 is 0. The van der Waals surface area contributed by atoms with Crippen LogP contribution in [0.25, 0.3) is 0 Å². The minimum absolute atomic E-state index is 0.0382. The van der Waals surface area contributed by atoms with Gasteiger partial charge in [0.1, 0.15) is 6.54 Å². The molecular weight excluding hydrogens is 230 g/mol. The monoisotopic (exact) mass is 247 g/mol. The van der Waals surface area contributed by atoms with Crippen LogP contribution in [0.3, 0.4) is 0 Å². The molecule has 2 amide bonds. The third kappa shape index (κ3) is 2.22. The number of hydrogen-bond acceptors (Lipinski definition) is 3. The van der Waals surface area contributed by atoms with Gasteiger partial charge < -0.3 is 15.5 Å². The minimum atomic E-state index is -0.560. The maximum atomic E-state index is 12.1. The van der Waals surface area contributed by atoms with E-state index in [0.717, 1.165) is 11.3 Å². The molecule has 5 heteroatoms. The molecule has 96 valence electrons. The van der Waals surface area contributed by atoms with Gasteiger partial charge in [-0.2, -0.15) is 0 Å². The van der Waals surface area contributed by atoms with Gasteiger partial charge in [-0.1, -0.05) is 18.2 Å². The van der Waals surface area contributed by atoms with Crippen LogP contribution in [-0.2, 0) is 16.0 Å². The standard InChI is InChI=1S/C13H17N3O2/c1-15(2)12(17)8-16-11-6-4-3-5-9(11)7-10(14)13(16)18/h3-6,10H,7-8,14H2,1-2H3. The number of rotatable bonds is 2. The van der Waals surface area contributed by atoms with Gasteiger partial charge in [-0.25, -0.2) is 0 Å². The van der Waals surface area contributed by atoms with Gasteiger partial charge in [0.25, 0.3) is 0 Å². The minimum Gasteiger partial charge on any atom is -0.347 e. The fourth-order valence-electron chi connectivity index (χ4n) is 2.03. The van der Waals surface area contributed by atoms with Crippen LogP contribution >= 0.6 is 0 Å². The maximum Gasteiger partial charge on any atom is 0.244 e. The first-order valence-electron chi connectivity index (χ1n) is 5.85. The molecule has 2 rings (SSSR count). The molecule has 1 heterocycles. The SMILES string of the molecule is CN(C)C(=O)CN1C(=O)C(N)Cc2ccccc21. The van der Waals surface area contributed by atoms with E-state index < -0.39 is 6.04 Å². The van der Waals surface area contributed by atoms with E-state index in [1.165, 1.54) is 9.80 Å². The number of carbonyl (C=O) groups is 2. The summed E-state index contributed by atoms with van der Waals surface area (Å²) in [4.78, 5) is 26.8. The Labute approximate surface area is 106 Å². The van der Waals surface area contributed by atoms with Crippen LogP contribution in [0.5, 0.6) is 0 Å². The smallest absolute Gasteiger partial charge is 0.244 e. The fourth-order valence-corrected chi connectivity index (χ4v) is 2.03. The van der Waals surface area contributed by atoms with E-state index in [-0.39, 0.29) is 18.4 Å². The number of para-hydroxylation sites is 1. The summed E-state index contributed by atoms with van der Waals surface area (Å²) < 4.78 is 0. The summed E-state index contributed by atoms with van der Waals surface area (Å²) in [6, 6.07) is 7.00. The van der Waals surface area contributed by atoms with Gasteiger partial charge in [0.2, 0.25) is 11.8 Å². The highest BCUT2D eigenvalue weighted by Gasteiger charge is 2.31. The highest BCUT2D eigenvalue weighted by Crippen LogP contribution is 2.26. The zero-order valence-electron chi connectivity index (χ0n) is 10.6. The predicted molar refractivity (Wildman–Crippen MR) is 69.2 cm³/mol. The molecule has 1 atom stereocenters. The quantitative estimate of drug-likeness (QED) is 0.799. The van der Waals surface area contributed by atoms with Crippen LogP contribution in [-0.4, -0.2) is 43.4 Å². The van der Waals surface area contributed by atoms with Crippen LogP contribution in [0, 0.1) is 0 Å². The molecule has 1 aliphatic heterocycles. The lowest BCUT2D eigenvalue weighted by Gasteiger charge is -2.32. The zero-order chi connectivity index (χ0) is 13.3. The molecule has 1 aliphatic rings. The van der Waals surface area contributed by atoms with E-state index in [1.54, 1.807) is 14.1 Å². The number of amides is 2. The Morgan fingerprint density at radius 3 is 2.78 bits per heavy atom. The molecule has 5 nitrogen and oxygen atoms in total. The third-order valence-electron chi connectivity index (χ3n) is 3.10. The molecule has 1 aromatic rings. The molecule has 0 aliphatic carbocycles. The third-order valence-corrected chi connectivity index (χ3v) is 3.10. The van der Waals surface area contributed by atoms with Gasteiger partial charge in [-0.05, 0) is 18.1 Å². The van der Waals surface area contributed by atoms with Crippen molar-refractivity contribution in [2.75, 3.05) is 25.5 Å². The lowest BCUT2D eigenvalue weighted by atomic mass is 9.98. The van der Waals surface area contributed by atoms with Crippen molar-refractivity contribution in [3.8, 4) is 0 Å². The van der Waals surface area contributed by atoms with E-state index >= 15 is 0 Å². The molecule has 0 fully saturated rings. The number of fused-ring (bicyclic) bond motifs is 1. The van der Waals surface area contributed by atoms with Crippen molar-refractivity contribution < 1.29 is 9.59 Å². The molecular formula is C13H17N3O2. The average Bonchev–Trinajstić information content (AvgIpc) is 2.34. The molecule has 0 saturated carbocycles. The highest BCUT2D eigenvalue weighted by atomic mass is 16.2. The van der Waals surface area contributed by atoms with Crippen molar-refractivity contribution in [3.63, 3.8) is 0 Å². The van der Waals surface area contributed by atoms with Crippen LogP contribution in [0.1, 0.15) is 5.56 Å². The zero-order valence-corrected chi connectivity index (χ0v) is 10.6. The number of likely N-dealkylation sites (N-methyl/N-ethyl adjacent to an activating group) is 1. The molecule has 1 aromatic carbocycles. The molecule has 0 radical (unpaired) electrons. The Kier molecular flexibility index (Phi) is 3.34. The van der Waals surface area contributed by atoms with Crippen molar-refractivity contribution in [1.82, 2.24) is 4.90 Å². The Bertz CT molecular complexity index is 485. The van der Waals surface area contributed by atoms with Gasteiger partial charge in [-0.3, -0.25) is 9.59 Å². The van der Waals surface area contributed by atoms with Gasteiger partial charge in [0, 0.05) is 19.8 Å². The summed E-state index contributed by atoms with van der Waals surface area (Å²) in [6.07, 6.45) is 0.529. The van der Waals surface area contributed by atoms with Crippen molar-refractivity contribution >= 4 is 17.5 Å². The Hall–Kier alpha value is -1.88. The summed E-state index contributed by atoms with van der Waals surface area (Å²) in [5, 5.41) is 0. The largest absolute Gasteiger partial charge is 0.347 e. The average molecular weight is 247 g/mol. The van der Waals surface area contributed by atoms with Crippen LogP contribution in [0.2, 0.25) is 0 Å². The normalized spacial score (nSPS) is 18.5. The number of benzene rings is 1.